The Morgan fingerprint density at radius 3 is 2.86 bits per heavy atom. The average Bonchev–Trinajstić information content (AvgIpc) is 2.82. The maximum absolute atomic E-state index is 5.35. The highest BCUT2D eigenvalue weighted by Crippen LogP contribution is 2.22. The fourth-order valence-electron chi connectivity index (χ4n) is 2.67. The molecule has 0 saturated carbocycles. The molecule has 0 saturated heterocycles. The highest BCUT2D eigenvalue weighted by molar-refractivity contribution is 5.84. The minimum Gasteiger partial charge on any atom is -0.347 e. The highest BCUT2D eigenvalue weighted by atomic mass is 15.0. The van der Waals surface area contributed by atoms with Crippen molar-refractivity contribution in [1.82, 2.24) is 9.88 Å². The molecule has 0 aliphatic rings. The van der Waals surface area contributed by atoms with Crippen LogP contribution in [0, 0.1) is 18.3 Å². The number of nitrogens with zero attached hydrogens (tertiary/aromatic N) is 1. The Bertz CT molecular complexity index is 602. The first-order valence-electron chi connectivity index (χ1n) is 7.93. The molecule has 1 aromatic heterocycles. The predicted molar refractivity (Wildman–Crippen MR) is 91.4 cm³/mol. The minimum absolute atomic E-state index is 0.704. The Kier molecular flexibility index (Phi) is 5.90. The molecule has 0 bridgehead atoms. The fraction of sp³-hybridized carbons (Fsp3) is 0.474. The summed E-state index contributed by atoms with van der Waals surface area (Å²) in [7, 11) is 0. The molecule has 0 atom stereocenters. The molecular weight excluding hydrogens is 256 g/mol. The molecule has 21 heavy (non-hydrogen) atoms. The lowest BCUT2D eigenvalue weighted by atomic mass is 10.1. The van der Waals surface area contributed by atoms with Crippen molar-refractivity contribution >= 4 is 10.9 Å². The molecule has 0 amide bonds. The standard InChI is InChI=1S/C19H26N2/c1-4-5-8-13-21-15-17(11-12-20-14-16(2)3)18-9-6-7-10-19(18)21/h1,6-7,9-10,15-16,20H,5,8,11-14H2,2-3H3. The summed E-state index contributed by atoms with van der Waals surface area (Å²) in [6.07, 6.45) is 10.6. The van der Waals surface area contributed by atoms with Crippen molar-refractivity contribution in [2.24, 2.45) is 5.92 Å². The summed E-state index contributed by atoms with van der Waals surface area (Å²) in [4.78, 5) is 0. The van der Waals surface area contributed by atoms with Gasteiger partial charge in [0.05, 0.1) is 0 Å². The second kappa shape index (κ2) is 7.90. The third kappa shape index (κ3) is 4.37. The summed E-state index contributed by atoms with van der Waals surface area (Å²) in [5, 5.41) is 4.90. The Hall–Kier alpha value is -1.72. The molecule has 0 aliphatic carbocycles. The van der Waals surface area contributed by atoms with Gasteiger partial charge in [0, 0.05) is 30.1 Å². The number of unbranched alkanes of at least 4 members (excludes halogenated alkanes) is 1. The van der Waals surface area contributed by atoms with Crippen LogP contribution in [0.2, 0.25) is 0 Å². The third-order valence-electron chi connectivity index (χ3n) is 3.71. The fourth-order valence-corrected chi connectivity index (χ4v) is 2.67. The van der Waals surface area contributed by atoms with Gasteiger partial charge in [-0.05, 0) is 43.5 Å². The second-order valence-corrected chi connectivity index (χ2v) is 6.02. The summed E-state index contributed by atoms with van der Waals surface area (Å²) < 4.78 is 2.35. The van der Waals surface area contributed by atoms with Gasteiger partial charge in [-0.3, -0.25) is 0 Å². The molecule has 2 aromatic rings. The molecule has 2 heteroatoms. The second-order valence-electron chi connectivity index (χ2n) is 6.02. The molecule has 1 N–H and O–H groups in total. The van der Waals surface area contributed by atoms with Crippen LogP contribution < -0.4 is 5.32 Å². The van der Waals surface area contributed by atoms with E-state index in [1.165, 1.54) is 16.5 Å². The monoisotopic (exact) mass is 282 g/mol. The van der Waals surface area contributed by atoms with Gasteiger partial charge in [0.2, 0.25) is 0 Å². The molecule has 112 valence electrons. The summed E-state index contributed by atoms with van der Waals surface area (Å²) in [5.41, 5.74) is 2.76. The van der Waals surface area contributed by atoms with Crippen molar-refractivity contribution in [3.05, 3.63) is 36.0 Å². The van der Waals surface area contributed by atoms with E-state index in [0.717, 1.165) is 38.9 Å². The van der Waals surface area contributed by atoms with E-state index in [1.54, 1.807) is 0 Å². The smallest absolute Gasteiger partial charge is 0.0483 e. The van der Waals surface area contributed by atoms with E-state index < -0.39 is 0 Å². The van der Waals surface area contributed by atoms with Gasteiger partial charge >= 0.3 is 0 Å². The SMILES string of the molecule is C#CCCCn1cc(CCNCC(C)C)c2ccccc21. The third-order valence-corrected chi connectivity index (χ3v) is 3.71. The van der Waals surface area contributed by atoms with Crippen LogP contribution in [-0.4, -0.2) is 17.7 Å². The van der Waals surface area contributed by atoms with Crippen molar-refractivity contribution in [3.8, 4) is 12.3 Å². The Balaban J connectivity index is 2.06. The molecule has 0 spiro atoms. The topological polar surface area (TPSA) is 17.0 Å². The zero-order valence-electron chi connectivity index (χ0n) is 13.2. The van der Waals surface area contributed by atoms with E-state index in [0.29, 0.717) is 5.92 Å². The van der Waals surface area contributed by atoms with Gasteiger partial charge in [0.15, 0.2) is 0 Å². The van der Waals surface area contributed by atoms with Crippen LogP contribution in [0.25, 0.3) is 10.9 Å². The van der Waals surface area contributed by atoms with Crippen LogP contribution in [0.15, 0.2) is 30.5 Å². The maximum Gasteiger partial charge on any atom is 0.0483 e. The molecule has 0 radical (unpaired) electrons. The molecule has 0 unspecified atom stereocenters. The van der Waals surface area contributed by atoms with E-state index in [2.05, 4.69) is 60.1 Å². The van der Waals surface area contributed by atoms with Gasteiger partial charge in [0.25, 0.3) is 0 Å². The predicted octanol–water partition coefficient (Wildman–Crippen LogP) is 3.84. The van der Waals surface area contributed by atoms with Gasteiger partial charge in [0.1, 0.15) is 0 Å². The molecule has 1 heterocycles. The quantitative estimate of drug-likeness (QED) is 0.575. The average molecular weight is 282 g/mol. The largest absolute Gasteiger partial charge is 0.347 e. The van der Waals surface area contributed by atoms with Gasteiger partial charge in [-0.25, -0.2) is 0 Å². The van der Waals surface area contributed by atoms with Crippen molar-refractivity contribution in [3.63, 3.8) is 0 Å². The number of benzene rings is 1. The van der Waals surface area contributed by atoms with Crippen LogP contribution in [0.4, 0.5) is 0 Å². The maximum atomic E-state index is 5.35. The Morgan fingerprint density at radius 1 is 1.29 bits per heavy atom. The van der Waals surface area contributed by atoms with E-state index in [1.807, 2.05) is 0 Å². The number of para-hydroxylation sites is 1. The summed E-state index contributed by atoms with van der Waals surface area (Å²) in [5.74, 6) is 3.43. The molecular formula is C19H26N2. The first kappa shape index (κ1) is 15.7. The zero-order chi connectivity index (χ0) is 15.1. The van der Waals surface area contributed by atoms with Crippen LogP contribution in [-0.2, 0) is 13.0 Å². The normalized spacial score (nSPS) is 11.1. The molecule has 2 rings (SSSR count). The lowest BCUT2D eigenvalue weighted by molar-refractivity contribution is 0.554. The summed E-state index contributed by atoms with van der Waals surface area (Å²) in [6, 6.07) is 8.67. The van der Waals surface area contributed by atoms with Gasteiger partial charge < -0.3 is 9.88 Å². The number of aryl methyl sites for hydroxylation is 1. The zero-order valence-corrected chi connectivity index (χ0v) is 13.2. The number of nitrogens with one attached hydrogen (secondary N) is 1. The van der Waals surface area contributed by atoms with E-state index >= 15 is 0 Å². The number of rotatable bonds is 8. The van der Waals surface area contributed by atoms with E-state index in [9.17, 15) is 0 Å². The van der Waals surface area contributed by atoms with E-state index in [-0.39, 0.29) is 0 Å². The van der Waals surface area contributed by atoms with Crippen molar-refractivity contribution in [2.75, 3.05) is 13.1 Å². The van der Waals surface area contributed by atoms with Gasteiger partial charge in [-0.1, -0.05) is 32.0 Å². The van der Waals surface area contributed by atoms with Crippen molar-refractivity contribution in [1.29, 1.82) is 0 Å². The number of hydrogen-bond donors (Lipinski definition) is 1. The van der Waals surface area contributed by atoms with E-state index in [4.69, 9.17) is 6.42 Å². The first-order chi connectivity index (χ1) is 10.2. The Morgan fingerprint density at radius 2 is 2.10 bits per heavy atom. The highest BCUT2D eigenvalue weighted by Gasteiger charge is 2.07. The van der Waals surface area contributed by atoms with Crippen molar-refractivity contribution < 1.29 is 0 Å². The summed E-state index contributed by atoms with van der Waals surface area (Å²) in [6.45, 7) is 7.61. The number of fused-ring (bicyclic) bond motifs is 1. The lowest BCUT2D eigenvalue weighted by Gasteiger charge is -2.06. The molecule has 2 nitrogen and oxygen atoms in total. The lowest BCUT2D eigenvalue weighted by Crippen LogP contribution is -2.22. The number of hydrogen-bond acceptors (Lipinski definition) is 1. The number of aromatic nitrogens is 1. The van der Waals surface area contributed by atoms with Crippen LogP contribution in [0.5, 0.6) is 0 Å². The molecule has 0 fully saturated rings. The van der Waals surface area contributed by atoms with Crippen LogP contribution in [0.3, 0.4) is 0 Å². The van der Waals surface area contributed by atoms with Gasteiger partial charge in [-0.2, -0.15) is 0 Å². The summed E-state index contributed by atoms with van der Waals surface area (Å²) >= 11 is 0. The minimum atomic E-state index is 0.704. The first-order valence-corrected chi connectivity index (χ1v) is 7.93. The molecule has 1 aromatic carbocycles. The molecule has 0 aliphatic heterocycles. The van der Waals surface area contributed by atoms with Gasteiger partial charge in [-0.15, -0.1) is 12.3 Å². The van der Waals surface area contributed by atoms with Crippen LogP contribution in [0.1, 0.15) is 32.3 Å². The van der Waals surface area contributed by atoms with Crippen LogP contribution >= 0.6 is 0 Å². The van der Waals surface area contributed by atoms with Crippen molar-refractivity contribution in [2.45, 2.75) is 39.7 Å². The number of terminal acetylenes is 1. The Labute approximate surface area is 128 Å².